The standard InChI is InChI=1S/C22H17BrClN3O2/c1-29-20-12-15(8-11-18(20)24)21-26-19-5-3-2-4-17(19)22(28)27(21)25-13-14-6-9-16(23)10-7-14/h2-12,25H,13H2,1H3. The third-order valence-electron chi connectivity index (χ3n) is 4.54. The van der Waals surface area contributed by atoms with Crippen molar-refractivity contribution in [2.45, 2.75) is 6.54 Å². The van der Waals surface area contributed by atoms with E-state index in [9.17, 15) is 4.79 Å². The van der Waals surface area contributed by atoms with Gasteiger partial charge in [0, 0.05) is 10.0 Å². The van der Waals surface area contributed by atoms with E-state index in [0.29, 0.717) is 34.0 Å². The first-order valence-electron chi connectivity index (χ1n) is 8.91. The maximum atomic E-state index is 13.2. The van der Waals surface area contributed by atoms with Crippen molar-refractivity contribution in [3.8, 4) is 17.1 Å². The smallest absolute Gasteiger partial charge is 0.280 e. The van der Waals surface area contributed by atoms with Crippen molar-refractivity contribution in [2.24, 2.45) is 0 Å². The van der Waals surface area contributed by atoms with Gasteiger partial charge in [-0.2, -0.15) is 0 Å². The van der Waals surface area contributed by atoms with E-state index in [1.165, 1.54) is 4.68 Å². The second-order valence-corrected chi connectivity index (χ2v) is 7.73. The molecule has 0 aliphatic rings. The van der Waals surface area contributed by atoms with E-state index in [2.05, 4.69) is 21.4 Å². The number of hydrogen-bond donors (Lipinski definition) is 1. The minimum atomic E-state index is -0.170. The number of fused-ring (bicyclic) bond motifs is 1. The lowest BCUT2D eigenvalue weighted by Crippen LogP contribution is -2.31. The molecule has 0 radical (unpaired) electrons. The molecule has 0 fully saturated rings. The van der Waals surface area contributed by atoms with Gasteiger partial charge in [0.1, 0.15) is 5.75 Å². The predicted molar refractivity (Wildman–Crippen MR) is 120 cm³/mol. The first kappa shape index (κ1) is 19.5. The number of hydrogen-bond acceptors (Lipinski definition) is 4. The van der Waals surface area contributed by atoms with Crippen LogP contribution in [-0.2, 0) is 6.54 Å². The summed E-state index contributed by atoms with van der Waals surface area (Å²) in [4.78, 5) is 17.9. The van der Waals surface area contributed by atoms with Gasteiger partial charge in [-0.15, -0.1) is 0 Å². The quantitative estimate of drug-likeness (QED) is 0.434. The van der Waals surface area contributed by atoms with Gasteiger partial charge >= 0.3 is 0 Å². The summed E-state index contributed by atoms with van der Waals surface area (Å²) in [6.45, 7) is 0.463. The molecule has 4 rings (SSSR count). The zero-order chi connectivity index (χ0) is 20.4. The molecule has 29 heavy (non-hydrogen) atoms. The van der Waals surface area contributed by atoms with Gasteiger partial charge in [-0.05, 0) is 48.0 Å². The van der Waals surface area contributed by atoms with Crippen LogP contribution in [0.4, 0.5) is 0 Å². The molecule has 0 spiro atoms. The van der Waals surface area contributed by atoms with Crippen molar-refractivity contribution in [1.29, 1.82) is 0 Å². The molecule has 146 valence electrons. The molecule has 0 saturated carbocycles. The fourth-order valence-corrected chi connectivity index (χ4v) is 3.50. The highest BCUT2D eigenvalue weighted by Gasteiger charge is 2.14. The molecule has 1 heterocycles. The Labute approximate surface area is 181 Å². The SMILES string of the molecule is COc1cc(-c2nc3ccccc3c(=O)n2NCc2ccc(Br)cc2)ccc1Cl. The summed E-state index contributed by atoms with van der Waals surface area (Å²) in [5, 5.41) is 1.04. The topological polar surface area (TPSA) is 56.1 Å². The van der Waals surface area contributed by atoms with E-state index in [-0.39, 0.29) is 5.56 Å². The number of nitrogens with zero attached hydrogens (tertiary/aromatic N) is 2. The van der Waals surface area contributed by atoms with Gasteiger partial charge in [0.25, 0.3) is 5.56 Å². The number of rotatable bonds is 5. The highest BCUT2D eigenvalue weighted by atomic mass is 79.9. The Morgan fingerprint density at radius 3 is 2.62 bits per heavy atom. The molecule has 0 atom stereocenters. The van der Waals surface area contributed by atoms with Crippen molar-refractivity contribution in [1.82, 2.24) is 9.66 Å². The average molecular weight is 471 g/mol. The highest BCUT2D eigenvalue weighted by molar-refractivity contribution is 9.10. The Morgan fingerprint density at radius 2 is 1.86 bits per heavy atom. The third-order valence-corrected chi connectivity index (χ3v) is 5.38. The molecule has 4 aromatic rings. The number of para-hydroxylation sites is 1. The van der Waals surface area contributed by atoms with Crippen molar-refractivity contribution in [3.05, 3.63) is 92.1 Å². The second kappa shape index (κ2) is 8.27. The molecule has 7 heteroatoms. The largest absolute Gasteiger partial charge is 0.495 e. The third kappa shape index (κ3) is 3.99. The molecule has 0 amide bonds. The molecule has 1 aromatic heterocycles. The van der Waals surface area contributed by atoms with E-state index in [1.807, 2.05) is 48.5 Å². The molecular formula is C22H17BrClN3O2. The molecule has 0 aliphatic heterocycles. The molecule has 1 N–H and O–H groups in total. The van der Waals surface area contributed by atoms with Crippen LogP contribution >= 0.6 is 27.5 Å². The minimum absolute atomic E-state index is 0.170. The second-order valence-electron chi connectivity index (χ2n) is 6.40. The van der Waals surface area contributed by atoms with Gasteiger partial charge in [-0.1, -0.05) is 51.8 Å². The van der Waals surface area contributed by atoms with Gasteiger partial charge in [0.2, 0.25) is 0 Å². The monoisotopic (exact) mass is 469 g/mol. The molecule has 0 unspecified atom stereocenters. The Bertz CT molecular complexity index is 1240. The van der Waals surface area contributed by atoms with Crippen molar-refractivity contribution in [2.75, 3.05) is 12.5 Å². The summed E-state index contributed by atoms with van der Waals surface area (Å²) in [5.41, 5.74) is 5.43. The van der Waals surface area contributed by atoms with Crippen LogP contribution in [0.2, 0.25) is 5.02 Å². The Balaban J connectivity index is 1.84. The summed E-state index contributed by atoms with van der Waals surface area (Å²) in [6.07, 6.45) is 0. The average Bonchev–Trinajstić information content (AvgIpc) is 2.74. The lowest BCUT2D eigenvalue weighted by atomic mass is 10.1. The molecule has 0 saturated heterocycles. The van der Waals surface area contributed by atoms with Gasteiger partial charge in [0.05, 0.1) is 29.6 Å². The van der Waals surface area contributed by atoms with Crippen molar-refractivity contribution in [3.63, 3.8) is 0 Å². The summed E-state index contributed by atoms with van der Waals surface area (Å²) >= 11 is 9.60. The van der Waals surface area contributed by atoms with Gasteiger partial charge in [0.15, 0.2) is 5.82 Å². The van der Waals surface area contributed by atoms with E-state index in [0.717, 1.165) is 15.6 Å². The van der Waals surface area contributed by atoms with Crippen LogP contribution < -0.4 is 15.7 Å². The number of halogens is 2. The van der Waals surface area contributed by atoms with Crippen LogP contribution in [0.3, 0.4) is 0 Å². The first-order chi connectivity index (χ1) is 14.1. The maximum Gasteiger partial charge on any atom is 0.280 e. The van der Waals surface area contributed by atoms with E-state index in [4.69, 9.17) is 21.3 Å². The van der Waals surface area contributed by atoms with Gasteiger partial charge < -0.3 is 10.2 Å². The molecule has 3 aromatic carbocycles. The first-order valence-corrected chi connectivity index (χ1v) is 10.1. The van der Waals surface area contributed by atoms with Gasteiger partial charge in [-0.3, -0.25) is 4.79 Å². The van der Waals surface area contributed by atoms with Crippen molar-refractivity contribution < 1.29 is 4.74 Å². The molecule has 0 aliphatic carbocycles. The molecular weight excluding hydrogens is 454 g/mol. The van der Waals surface area contributed by atoms with Crippen molar-refractivity contribution >= 4 is 38.4 Å². The Kier molecular flexibility index (Phi) is 5.56. The normalized spacial score (nSPS) is 10.9. The number of methoxy groups -OCH3 is 1. The Morgan fingerprint density at radius 1 is 1.10 bits per heavy atom. The van der Waals surface area contributed by atoms with Crippen LogP contribution in [0.15, 0.2) is 76.0 Å². The lowest BCUT2D eigenvalue weighted by molar-refractivity contribution is 0.415. The lowest BCUT2D eigenvalue weighted by Gasteiger charge is -2.16. The number of ether oxygens (including phenoxy) is 1. The summed E-state index contributed by atoms with van der Waals surface area (Å²) in [5.74, 6) is 1.01. The zero-order valence-electron chi connectivity index (χ0n) is 15.5. The fourth-order valence-electron chi connectivity index (χ4n) is 3.04. The van der Waals surface area contributed by atoms with E-state index in [1.54, 1.807) is 25.3 Å². The molecule has 5 nitrogen and oxygen atoms in total. The molecule has 0 bridgehead atoms. The number of aromatic nitrogens is 2. The van der Waals surface area contributed by atoms with E-state index < -0.39 is 0 Å². The maximum absolute atomic E-state index is 13.2. The van der Waals surface area contributed by atoms with Gasteiger partial charge in [-0.25, -0.2) is 9.66 Å². The number of benzene rings is 3. The van der Waals surface area contributed by atoms with E-state index >= 15 is 0 Å². The Hall–Kier alpha value is -2.83. The minimum Gasteiger partial charge on any atom is -0.495 e. The highest BCUT2D eigenvalue weighted by Crippen LogP contribution is 2.29. The van der Waals surface area contributed by atoms with Crippen LogP contribution in [0.25, 0.3) is 22.3 Å². The van der Waals surface area contributed by atoms with Crippen LogP contribution in [-0.4, -0.2) is 16.8 Å². The van der Waals surface area contributed by atoms with Crippen LogP contribution in [0.1, 0.15) is 5.56 Å². The van der Waals surface area contributed by atoms with Crippen LogP contribution in [0.5, 0.6) is 5.75 Å². The zero-order valence-corrected chi connectivity index (χ0v) is 17.9. The summed E-state index contributed by atoms with van der Waals surface area (Å²) in [6, 6.07) is 20.5. The number of nitrogens with one attached hydrogen (secondary N) is 1. The predicted octanol–water partition coefficient (Wildman–Crippen LogP) is 5.23. The summed E-state index contributed by atoms with van der Waals surface area (Å²) in [7, 11) is 1.55. The fraction of sp³-hybridized carbons (Fsp3) is 0.0909. The summed E-state index contributed by atoms with van der Waals surface area (Å²) < 4.78 is 7.81. The van der Waals surface area contributed by atoms with Crippen LogP contribution in [0, 0.1) is 0 Å².